The largest absolute Gasteiger partial charge is 0.480 e. The molecule has 0 saturated heterocycles. The molecule has 0 atom stereocenters. The van der Waals surface area contributed by atoms with E-state index in [1.165, 1.54) is 0 Å². The quantitative estimate of drug-likeness (QED) is 0.708. The van der Waals surface area contributed by atoms with Gasteiger partial charge in [-0.25, -0.2) is 8.42 Å². The molecule has 0 aromatic heterocycles. The van der Waals surface area contributed by atoms with Gasteiger partial charge in [-0.1, -0.05) is 0 Å². The second-order valence-corrected chi connectivity index (χ2v) is 6.75. The summed E-state index contributed by atoms with van der Waals surface area (Å²) in [5.41, 5.74) is 0.0848. The van der Waals surface area contributed by atoms with E-state index >= 15 is 0 Å². The number of rotatable bonds is 2. The predicted molar refractivity (Wildman–Crippen MR) is 46.1 cm³/mol. The molecule has 2 aliphatic rings. The molecule has 5 heteroatoms. The molecular formula is C8H12O4S. The molecule has 0 aromatic carbocycles. The van der Waals surface area contributed by atoms with Crippen LogP contribution in [0.1, 0.15) is 25.7 Å². The van der Waals surface area contributed by atoms with Crippen molar-refractivity contribution < 1.29 is 18.3 Å². The molecule has 0 amide bonds. The lowest BCUT2D eigenvalue weighted by atomic mass is 9.71. The average Bonchev–Trinajstić information content (AvgIpc) is 2.56. The molecule has 13 heavy (non-hydrogen) atoms. The van der Waals surface area contributed by atoms with Gasteiger partial charge in [0, 0.05) is 6.26 Å². The van der Waals surface area contributed by atoms with Crippen molar-refractivity contribution in [1.29, 1.82) is 0 Å². The van der Waals surface area contributed by atoms with E-state index in [9.17, 15) is 13.2 Å². The van der Waals surface area contributed by atoms with Crippen LogP contribution in [0.4, 0.5) is 0 Å². The summed E-state index contributed by atoms with van der Waals surface area (Å²) in [6.07, 6.45) is 3.67. The maximum Gasteiger partial charge on any atom is 0.325 e. The van der Waals surface area contributed by atoms with E-state index in [2.05, 4.69) is 0 Å². The topological polar surface area (TPSA) is 71.4 Å². The van der Waals surface area contributed by atoms with Crippen molar-refractivity contribution in [2.45, 2.75) is 30.4 Å². The van der Waals surface area contributed by atoms with Crippen molar-refractivity contribution in [2.24, 2.45) is 5.41 Å². The van der Waals surface area contributed by atoms with Crippen molar-refractivity contribution in [3.05, 3.63) is 0 Å². The number of carboxylic acid groups (broad SMARTS) is 1. The zero-order chi connectivity index (χ0) is 9.91. The van der Waals surface area contributed by atoms with Gasteiger partial charge in [0.2, 0.25) is 0 Å². The Bertz CT molecular complexity index is 356. The third kappa shape index (κ3) is 1.03. The highest BCUT2D eigenvalue weighted by molar-refractivity contribution is 7.93. The van der Waals surface area contributed by atoms with E-state index in [0.29, 0.717) is 12.8 Å². The minimum Gasteiger partial charge on any atom is -0.480 e. The summed E-state index contributed by atoms with van der Waals surface area (Å²) in [4.78, 5) is 10.9. The van der Waals surface area contributed by atoms with Gasteiger partial charge in [0.15, 0.2) is 14.6 Å². The summed E-state index contributed by atoms with van der Waals surface area (Å²) >= 11 is 0. The first-order valence-electron chi connectivity index (χ1n) is 4.24. The molecule has 2 aliphatic carbocycles. The van der Waals surface area contributed by atoms with Gasteiger partial charge in [0.05, 0.1) is 0 Å². The molecule has 2 rings (SSSR count). The Morgan fingerprint density at radius 1 is 1.31 bits per heavy atom. The van der Waals surface area contributed by atoms with Crippen LogP contribution >= 0.6 is 0 Å². The normalized spacial score (nSPS) is 28.1. The fourth-order valence-corrected chi connectivity index (χ4v) is 3.72. The fourth-order valence-electron chi connectivity index (χ4n) is 2.26. The Labute approximate surface area is 76.9 Å². The molecule has 0 heterocycles. The van der Waals surface area contributed by atoms with Crippen molar-refractivity contribution in [3.8, 4) is 0 Å². The van der Waals surface area contributed by atoms with Crippen LogP contribution in [0, 0.1) is 5.41 Å². The standard InChI is InChI=1S/C8H12O4S/c1-13(11,12)8(6(9)10)4-7(5-8)2-3-7/h2-5H2,1H3,(H,9,10). The third-order valence-corrected chi connectivity index (χ3v) is 5.26. The van der Waals surface area contributed by atoms with Crippen LogP contribution in [0.15, 0.2) is 0 Å². The smallest absolute Gasteiger partial charge is 0.325 e. The highest BCUT2D eigenvalue weighted by Crippen LogP contribution is 2.67. The molecule has 0 bridgehead atoms. The van der Waals surface area contributed by atoms with Crippen molar-refractivity contribution in [2.75, 3.05) is 6.26 Å². The van der Waals surface area contributed by atoms with Crippen molar-refractivity contribution in [3.63, 3.8) is 0 Å². The fraction of sp³-hybridized carbons (Fsp3) is 0.875. The SMILES string of the molecule is CS(=O)(=O)C1(C(=O)O)CC2(CC2)C1. The summed E-state index contributed by atoms with van der Waals surface area (Å²) < 4.78 is 21.2. The molecule has 0 radical (unpaired) electrons. The highest BCUT2D eigenvalue weighted by Gasteiger charge is 2.69. The number of sulfone groups is 1. The molecule has 0 aromatic rings. The predicted octanol–water partition coefficient (Wildman–Crippen LogP) is 0.428. The van der Waals surface area contributed by atoms with Gasteiger partial charge in [-0.2, -0.15) is 0 Å². The molecule has 1 N–H and O–H groups in total. The minimum atomic E-state index is -3.46. The zero-order valence-corrected chi connectivity index (χ0v) is 8.23. The Kier molecular flexibility index (Phi) is 1.44. The number of hydrogen-bond donors (Lipinski definition) is 1. The van der Waals surface area contributed by atoms with E-state index in [4.69, 9.17) is 5.11 Å². The monoisotopic (exact) mass is 204 g/mol. The lowest BCUT2D eigenvalue weighted by Gasteiger charge is -2.43. The highest BCUT2D eigenvalue weighted by atomic mass is 32.2. The van der Waals surface area contributed by atoms with Crippen molar-refractivity contribution >= 4 is 15.8 Å². The van der Waals surface area contributed by atoms with Crippen LogP contribution < -0.4 is 0 Å². The van der Waals surface area contributed by atoms with Gasteiger partial charge in [-0.15, -0.1) is 0 Å². The number of carboxylic acids is 1. The van der Waals surface area contributed by atoms with E-state index in [1.807, 2.05) is 0 Å². The molecular weight excluding hydrogens is 192 g/mol. The third-order valence-electron chi connectivity index (χ3n) is 3.38. The van der Waals surface area contributed by atoms with Gasteiger partial charge in [-0.05, 0) is 31.1 Å². The van der Waals surface area contributed by atoms with Crippen LogP contribution in [0.3, 0.4) is 0 Å². The first-order valence-corrected chi connectivity index (χ1v) is 6.14. The zero-order valence-electron chi connectivity index (χ0n) is 7.41. The van der Waals surface area contributed by atoms with E-state index < -0.39 is 20.6 Å². The first-order chi connectivity index (χ1) is 5.81. The van der Waals surface area contributed by atoms with Crippen LogP contribution in [0.2, 0.25) is 0 Å². The molecule has 2 fully saturated rings. The minimum absolute atomic E-state index is 0.0848. The van der Waals surface area contributed by atoms with Crippen LogP contribution in [-0.2, 0) is 14.6 Å². The van der Waals surface area contributed by atoms with Gasteiger partial charge < -0.3 is 5.11 Å². The summed E-state index contributed by atoms with van der Waals surface area (Å²) in [5, 5.41) is 8.90. The molecule has 74 valence electrons. The van der Waals surface area contributed by atoms with Gasteiger partial charge >= 0.3 is 5.97 Å². The molecule has 1 spiro atoms. The maximum atomic E-state index is 11.3. The number of aliphatic carboxylic acids is 1. The van der Waals surface area contributed by atoms with E-state index in [0.717, 1.165) is 19.1 Å². The van der Waals surface area contributed by atoms with E-state index in [1.54, 1.807) is 0 Å². The second kappa shape index (κ2) is 2.08. The summed E-state index contributed by atoms with van der Waals surface area (Å²) in [6.45, 7) is 0. The number of carbonyl (C=O) groups is 1. The molecule has 4 nitrogen and oxygen atoms in total. The molecule has 2 saturated carbocycles. The Morgan fingerprint density at radius 2 is 1.77 bits per heavy atom. The second-order valence-electron chi connectivity index (χ2n) is 4.43. The van der Waals surface area contributed by atoms with Crippen LogP contribution in [-0.4, -0.2) is 30.5 Å². The number of hydrogen-bond acceptors (Lipinski definition) is 3. The summed E-state index contributed by atoms with van der Waals surface area (Å²) in [5.74, 6) is -1.17. The Hall–Kier alpha value is -0.580. The van der Waals surface area contributed by atoms with Gasteiger partial charge in [0.1, 0.15) is 0 Å². The van der Waals surface area contributed by atoms with Gasteiger partial charge in [0.25, 0.3) is 0 Å². The maximum absolute atomic E-state index is 11.3. The average molecular weight is 204 g/mol. The summed E-state index contributed by atoms with van der Waals surface area (Å²) in [7, 11) is -3.46. The summed E-state index contributed by atoms with van der Waals surface area (Å²) in [6, 6.07) is 0. The Morgan fingerprint density at radius 3 is 2.00 bits per heavy atom. The van der Waals surface area contributed by atoms with Gasteiger partial charge in [-0.3, -0.25) is 4.79 Å². The first kappa shape index (κ1) is 8.99. The lowest BCUT2D eigenvalue weighted by Crippen LogP contribution is -2.56. The molecule has 0 unspecified atom stereocenters. The van der Waals surface area contributed by atoms with E-state index in [-0.39, 0.29) is 5.41 Å². The van der Waals surface area contributed by atoms with Crippen LogP contribution in [0.25, 0.3) is 0 Å². The lowest BCUT2D eigenvalue weighted by molar-refractivity contribution is -0.144. The Balaban J connectivity index is 2.31. The van der Waals surface area contributed by atoms with Crippen LogP contribution in [0.5, 0.6) is 0 Å². The van der Waals surface area contributed by atoms with Crippen molar-refractivity contribution in [1.82, 2.24) is 0 Å². The molecule has 0 aliphatic heterocycles.